The van der Waals surface area contributed by atoms with Crippen molar-refractivity contribution in [2.24, 2.45) is 33.0 Å². The first-order valence-electron chi connectivity index (χ1n) is 19.3. The highest BCUT2D eigenvalue weighted by atomic mass is 14.8. The van der Waals surface area contributed by atoms with E-state index in [0.717, 1.165) is 32.1 Å². The largest absolute Gasteiger partial charge is 0.0842 e. The minimum absolute atomic E-state index is 0.00520. The summed E-state index contributed by atoms with van der Waals surface area (Å²) in [4.78, 5) is 0. The maximum atomic E-state index is 2.72. The molecular weight excluding hydrogens is 601 g/mol. The first kappa shape index (κ1) is 33.3. The molecule has 3 aromatic rings. The van der Waals surface area contributed by atoms with E-state index in [4.69, 9.17) is 0 Å². The Morgan fingerprint density at radius 2 is 1.30 bits per heavy atom. The van der Waals surface area contributed by atoms with Gasteiger partial charge in [0.1, 0.15) is 0 Å². The molecule has 0 N–H and O–H groups in total. The normalized spacial score (nSPS) is 28.1. The Kier molecular flexibility index (Phi) is 7.69. The van der Waals surface area contributed by atoms with Gasteiger partial charge in [-0.2, -0.15) is 0 Å². The Bertz CT molecular complexity index is 1990. The van der Waals surface area contributed by atoms with Crippen molar-refractivity contribution in [3.63, 3.8) is 0 Å². The summed E-state index contributed by atoms with van der Waals surface area (Å²) in [7, 11) is 0. The summed E-state index contributed by atoms with van der Waals surface area (Å²) >= 11 is 0. The van der Waals surface area contributed by atoms with Crippen molar-refractivity contribution in [3.8, 4) is 0 Å². The number of hydrogen-bond acceptors (Lipinski definition) is 0. The Labute approximate surface area is 302 Å². The molecule has 0 heterocycles. The van der Waals surface area contributed by atoms with E-state index in [1.807, 2.05) is 0 Å². The zero-order valence-electron chi connectivity index (χ0n) is 31.8. The van der Waals surface area contributed by atoms with Gasteiger partial charge in [-0.3, -0.25) is 0 Å². The van der Waals surface area contributed by atoms with E-state index in [-0.39, 0.29) is 27.1 Å². The smallest absolute Gasteiger partial charge is 0.0204 e. The number of hydrogen-bond donors (Lipinski definition) is 0. The van der Waals surface area contributed by atoms with Gasteiger partial charge in [0.25, 0.3) is 0 Å². The highest BCUT2D eigenvalue weighted by molar-refractivity contribution is 5.93. The van der Waals surface area contributed by atoms with Crippen LogP contribution in [0.4, 0.5) is 0 Å². The average Bonchev–Trinajstić information content (AvgIpc) is 3.77. The van der Waals surface area contributed by atoms with Crippen LogP contribution in [0.1, 0.15) is 96.9 Å². The Hall–Kier alpha value is -3.90. The van der Waals surface area contributed by atoms with Gasteiger partial charge < -0.3 is 0 Å². The van der Waals surface area contributed by atoms with Gasteiger partial charge in [0, 0.05) is 10.8 Å². The summed E-state index contributed by atoms with van der Waals surface area (Å²) in [5.41, 5.74) is 16.7. The minimum atomic E-state index is -0.229. The Morgan fingerprint density at radius 3 is 1.92 bits per heavy atom. The molecule has 8 rings (SSSR count). The van der Waals surface area contributed by atoms with Gasteiger partial charge in [-0.05, 0) is 116 Å². The highest BCUT2D eigenvalue weighted by Crippen LogP contribution is 2.81. The summed E-state index contributed by atoms with van der Waals surface area (Å²) in [5.74, 6) is 0.473. The summed E-state index contributed by atoms with van der Waals surface area (Å²) in [6, 6.07) is 31.9. The second-order valence-corrected chi connectivity index (χ2v) is 17.9. The fourth-order valence-electron chi connectivity index (χ4n) is 11.8. The number of rotatable bonds is 6. The van der Waals surface area contributed by atoms with Gasteiger partial charge in [0.15, 0.2) is 0 Å². The molecule has 0 aromatic heterocycles. The van der Waals surface area contributed by atoms with Crippen LogP contribution in [0.15, 0.2) is 149 Å². The van der Waals surface area contributed by atoms with E-state index in [2.05, 4.69) is 171 Å². The summed E-state index contributed by atoms with van der Waals surface area (Å²) in [6.07, 6.45) is 18.5. The highest BCUT2D eigenvalue weighted by Gasteiger charge is 2.73. The van der Waals surface area contributed by atoms with Crippen molar-refractivity contribution in [2.75, 3.05) is 0 Å². The van der Waals surface area contributed by atoms with Gasteiger partial charge in [0.05, 0.1) is 0 Å². The number of fused-ring (bicyclic) bond motifs is 6. The Balaban J connectivity index is 1.53. The van der Waals surface area contributed by atoms with Gasteiger partial charge in [-0.25, -0.2) is 0 Å². The molecule has 50 heavy (non-hydrogen) atoms. The molecule has 0 nitrogen and oxygen atoms in total. The average molecular weight is 657 g/mol. The van der Waals surface area contributed by atoms with E-state index < -0.39 is 0 Å². The molecule has 1 fully saturated rings. The van der Waals surface area contributed by atoms with Crippen LogP contribution in [-0.2, 0) is 19.3 Å². The van der Waals surface area contributed by atoms with Crippen LogP contribution in [-0.4, -0.2) is 0 Å². The van der Waals surface area contributed by atoms with Crippen LogP contribution in [0.25, 0.3) is 5.57 Å². The molecule has 0 saturated heterocycles. The third kappa shape index (κ3) is 4.36. The third-order valence-electron chi connectivity index (χ3n) is 15.7. The number of allylic oxidation sites excluding steroid dienone is 12. The first-order chi connectivity index (χ1) is 23.9. The van der Waals surface area contributed by atoms with Gasteiger partial charge in [-0.15, -0.1) is 0 Å². The maximum Gasteiger partial charge on any atom is 0.0204 e. The van der Waals surface area contributed by atoms with E-state index >= 15 is 0 Å². The topological polar surface area (TPSA) is 0 Å². The fraction of sp³-hybridized carbons (Fsp3) is 0.400. The van der Waals surface area contributed by atoms with Crippen molar-refractivity contribution >= 4 is 5.57 Å². The molecule has 0 aliphatic heterocycles. The van der Waals surface area contributed by atoms with Crippen molar-refractivity contribution in [1.29, 1.82) is 0 Å². The lowest BCUT2D eigenvalue weighted by Crippen LogP contribution is -2.68. The van der Waals surface area contributed by atoms with Crippen LogP contribution in [0.5, 0.6) is 0 Å². The minimum Gasteiger partial charge on any atom is -0.0842 e. The lowest BCUT2D eigenvalue weighted by atomic mass is 9.28. The molecule has 0 heteroatoms. The van der Waals surface area contributed by atoms with Crippen molar-refractivity contribution in [3.05, 3.63) is 171 Å². The van der Waals surface area contributed by atoms with Crippen LogP contribution in [0.2, 0.25) is 0 Å². The molecule has 0 spiro atoms. The van der Waals surface area contributed by atoms with Crippen LogP contribution in [0, 0.1) is 33.0 Å². The van der Waals surface area contributed by atoms with Gasteiger partial charge in [-0.1, -0.05) is 176 Å². The van der Waals surface area contributed by atoms with Crippen LogP contribution in [0.3, 0.4) is 0 Å². The summed E-state index contributed by atoms with van der Waals surface area (Å²) < 4.78 is 0. The van der Waals surface area contributed by atoms with Crippen LogP contribution < -0.4 is 0 Å². The SMILES string of the molecule is CC1(C(C2=CC=CC2)=C(Cc2ccccc2)Cc2ccccc2)C2=C3Cc4ccccc4C3=C3C=CCCC3C2(C)C(C)(C)C(C)(C)C1(C)C. The second-order valence-electron chi connectivity index (χ2n) is 17.9. The monoisotopic (exact) mass is 656 g/mol. The quantitative estimate of drug-likeness (QED) is 0.248. The van der Waals surface area contributed by atoms with Gasteiger partial charge >= 0.3 is 0 Å². The first-order valence-corrected chi connectivity index (χ1v) is 19.3. The van der Waals surface area contributed by atoms with E-state index in [9.17, 15) is 0 Å². The Morgan fingerprint density at radius 1 is 0.680 bits per heavy atom. The van der Waals surface area contributed by atoms with Crippen LogP contribution >= 0.6 is 0 Å². The van der Waals surface area contributed by atoms with Crippen molar-refractivity contribution in [1.82, 2.24) is 0 Å². The molecule has 3 aromatic carbocycles. The van der Waals surface area contributed by atoms with Crippen molar-refractivity contribution in [2.45, 2.75) is 93.9 Å². The molecule has 256 valence electrons. The molecule has 0 bridgehead atoms. The molecule has 3 unspecified atom stereocenters. The second kappa shape index (κ2) is 11.6. The summed E-state index contributed by atoms with van der Waals surface area (Å²) in [6.45, 7) is 21.3. The zero-order valence-corrected chi connectivity index (χ0v) is 31.8. The predicted octanol–water partition coefficient (Wildman–Crippen LogP) is 13.0. The molecule has 3 atom stereocenters. The molecule has 5 aliphatic carbocycles. The lowest BCUT2D eigenvalue weighted by Gasteiger charge is -2.75. The number of benzene rings is 3. The van der Waals surface area contributed by atoms with E-state index in [0.29, 0.717) is 5.92 Å². The standard InChI is InChI=1S/C50H56/c1-46(2)47(3,4)49(7)42-30-20-19-29-40(42)43-39-28-18-17-27-37(39)33-41(43)45(49)50(8,48(46,5)6)44(36-25-15-16-26-36)38(31-34-21-11-9-12-22-34)32-35-23-13-10-14-24-35/h9-19,21-25,27-29,42H,20,26,30-33H2,1-8H3. The van der Waals surface area contributed by atoms with E-state index in [1.54, 1.807) is 33.4 Å². The molecule has 1 saturated carbocycles. The maximum absolute atomic E-state index is 2.72. The molecule has 5 aliphatic rings. The molecule has 0 radical (unpaired) electrons. The van der Waals surface area contributed by atoms with E-state index in [1.165, 1.54) is 34.2 Å². The summed E-state index contributed by atoms with van der Waals surface area (Å²) in [5, 5.41) is 0. The fourth-order valence-corrected chi connectivity index (χ4v) is 11.8. The van der Waals surface area contributed by atoms with Crippen molar-refractivity contribution < 1.29 is 0 Å². The van der Waals surface area contributed by atoms with Gasteiger partial charge in [0.2, 0.25) is 0 Å². The third-order valence-corrected chi connectivity index (χ3v) is 15.7. The lowest BCUT2D eigenvalue weighted by molar-refractivity contribution is -0.183. The zero-order chi connectivity index (χ0) is 35.1. The molecule has 0 amide bonds. The molecular formula is C50H56. The predicted molar refractivity (Wildman–Crippen MR) is 213 cm³/mol.